The Bertz CT molecular complexity index is 718. The first kappa shape index (κ1) is 19.6. The second-order valence-corrected chi connectivity index (χ2v) is 6.38. The Hall–Kier alpha value is -1.71. The summed E-state index contributed by atoms with van der Waals surface area (Å²) in [5, 5.41) is 4.75. The predicted octanol–water partition coefficient (Wildman–Crippen LogP) is 2.86. The maximum absolute atomic E-state index is 13.0. The van der Waals surface area contributed by atoms with Gasteiger partial charge in [-0.05, 0) is 41.6 Å². The van der Waals surface area contributed by atoms with Crippen LogP contribution in [0.15, 0.2) is 23.1 Å². The van der Waals surface area contributed by atoms with Crippen molar-refractivity contribution in [3.05, 3.63) is 34.2 Å². The van der Waals surface area contributed by atoms with E-state index in [1.165, 1.54) is 12.1 Å². The van der Waals surface area contributed by atoms with Crippen molar-refractivity contribution < 1.29 is 22.8 Å². The molecule has 2 fully saturated rings. The minimum absolute atomic E-state index is 0. The highest BCUT2D eigenvalue weighted by molar-refractivity contribution is 8.18. The van der Waals surface area contributed by atoms with Gasteiger partial charge in [-0.25, -0.2) is 0 Å². The van der Waals surface area contributed by atoms with Crippen molar-refractivity contribution in [1.29, 1.82) is 0 Å². The van der Waals surface area contributed by atoms with Crippen molar-refractivity contribution in [2.75, 3.05) is 31.1 Å². The van der Waals surface area contributed by atoms with Gasteiger partial charge in [-0.3, -0.25) is 14.9 Å². The number of piperazine rings is 1. The minimum Gasteiger partial charge on any atom is -0.369 e. The highest BCUT2D eigenvalue weighted by atomic mass is 35.5. The Kier molecular flexibility index (Phi) is 6.02. The molecule has 0 spiro atoms. The molecule has 10 heteroatoms. The quantitative estimate of drug-likeness (QED) is 0.757. The molecular weight excluding hydrogens is 379 g/mol. The Morgan fingerprint density at radius 1 is 1.16 bits per heavy atom. The number of alkyl halides is 3. The van der Waals surface area contributed by atoms with Gasteiger partial charge < -0.3 is 10.2 Å². The highest BCUT2D eigenvalue weighted by Crippen LogP contribution is 2.35. The van der Waals surface area contributed by atoms with E-state index in [1.807, 2.05) is 4.90 Å². The molecule has 0 radical (unpaired) electrons. The summed E-state index contributed by atoms with van der Waals surface area (Å²) in [6.07, 6.45) is -3.13. The molecule has 2 saturated heterocycles. The van der Waals surface area contributed by atoms with Crippen LogP contribution in [0.2, 0.25) is 0 Å². The summed E-state index contributed by atoms with van der Waals surface area (Å²) in [7, 11) is 0. The molecule has 0 unspecified atom stereocenters. The van der Waals surface area contributed by atoms with E-state index in [1.54, 1.807) is 0 Å². The van der Waals surface area contributed by atoms with Crippen molar-refractivity contribution >= 4 is 47.1 Å². The molecule has 2 amide bonds. The van der Waals surface area contributed by atoms with Crippen LogP contribution in [0.3, 0.4) is 0 Å². The zero-order chi connectivity index (χ0) is 17.3. The monoisotopic (exact) mass is 393 g/mol. The summed E-state index contributed by atoms with van der Waals surface area (Å²) in [6, 6.07) is 3.47. The molecule has 0 bridgehead atoms. The van der Waals surface area contributed by atoms with E-state index in [0.717, 1.165) is 25.2 Å². The first-order valence-corrected chi connectivity index (χ1v) is 8.08. The van der Waals surface area contributed by atoms with Gasteiger partial charge >= 0.3 is 6.18 Å². The summed E-state index contributed by atoms with van der Waals surface area (Å²) in [5.41, 5.74) is 0.104. The highest BCUT2D eigenvalue weighted by Gasteiger charge is 2.32. The van der Waals surface area contributed by atoms with E-state index >= 15 is 0 Å². The topological polar surface area (TPSA) is 61.4 Å². The molecule has 2 aliphatic rings. The van der Waals surface area contributed by atoms with E-state index in [0.29, 0.717) is 30.5 Å². The van der Waals surface area contributed by atoms with E-state index in [9.17, 15) is 22.8 Å². The van der Waals surface area contributed by atoms with Crippen LogP contribution in [0.5, 0.6) is 0 Å². The van der Waals surface area contributed by atoms with Gasteiger partial charge in [-0.1, -0.05) is 0 Å². The Labute approximate surface area is 152 Å². The first-order valence-electron chi connectivity index (χ1n) is 7.26. The van der Waals surface area contributed by atoms with Gasteiger partial charge in [0.15, 0.2) is 0 Å². The molecule has 0 aliphatic carbocycles. The SMILES string of the molecule is Cl.O=C1NC(=O)C(=Cc2cc(C(F)(F)F)ccc2N2CCNCC2)S1. The molecular formula is C15H15ClF3N3O2S. The van der Waals surface area contributed by atoms with Crippen LogP contribution >= 0.6 is 24.2 Å². The molecule has 0 saturated carbocycles. The summed E-state index contributed by atoms with van der Waals surface area (Å²) in [5.74, 6) is -0.589. The molecule has 5 nitrogen and oxygen atoms in total. The lowest BCUT2D eigenvalue weighted by Crippen LogP contribution is -2.43. The number of carbonyl (C=O) groups is 2. The summed E-state index contributed by atoms with van der Waals surface area (Å²) >= 11 is 0.687. The zero-order valence-electron chi connectivity index (χ0n) is 12.9. The number of nitrogens with one attached hydrogen (secondary N) is 2. The van der Waals surface area contributed by atoms with Gasteiger partial charge in [0.1, 0.15) is 0 Å². The molecule has 1 aromatic carbocycles. The number of nitrogens with zero attached hydrogens (tertiary/aromatic N) is 1. The van der Waals surface area contributed by atoms with E-state index in [4.69, 9.17) is 0 Å². The number of carbonyl (C=O) groups excluding carboxylic acids is 2. The third-order valence-corrected chi connectivity index (χ3v) is 4.55. The average molecular weight is 394 g/mol. The number of amides is 2. The number of hydrogen-bond donors (Lipinski definition) is 2. The average Bonchev–Trinajstić information content (AvgIpc) is 2.85. The van der Waals surface area contributed by atoms with Crippen LogP contribution < -0.4 is 15.5 Å². The lowest BCUT2D eigenvalue weighted by molar-refractivity contribution is -0.137. The lowest BCUT2D eigenvalue weighted by Gasteiger charge is -2.31. The number of anilines is 1. The molecule has 0 aromatic heterocycles. The number of thioether (sulfide) groups is 1. The van der Waals surface area contributed by atoms with E-state index in [2.05, 4.69) is 10.6 Å². The molecule has 0 atom stereocenters. The van der Waals surface area contributed by atoms with Crippen molar-refractivity contribution in [1.82, 2.24) is 10.6 Å². The van der Waals surface area contributed by atoms with Gasteiger partial charge in [0.05, 0.1) is 10.5 Å². The van der Waals surface area contributed by atoms with Crippen LogP contribution in [-0.2, 0) is 11.0 Å². The number of imide groups is 1. The van der Waals surface area contributed by atoms with Crippen LogP contribution in [0.25, 0.3) is 6.08 Å². The zero-order valence-corrected chi connectivity index (χ0v) is 14.5. The largest absolute Gasteiger partial charge is 0.416 e. The summed E-state index contributed by atoms with van der Waals surface area (Å²) in [4.78, 5) is 25.0. The normalized spacial score (nSPS) is 19.8. The Morgan fingerprint density at radius 2 is 1.84 bits per heavy atom. The van der Waals surface area contributed by atoms with Crippen LogP contribution in [-0.4, -0.2) is 37.3 Å². The van der Waals surface area contributed by atoms with E-state index < -0.39 is 22.9 Å². The molecule has 2 N–H and O–H groups in total. The first-order chi connectivity index (χ1) is 11.3. The van der Waals surface area contributed by atoms with Gasteiger partial charge in [0, 0.05) is 31.9 Å². The number of hydrogen-bond acceptors (Lipinski definition) is 5. The smallest absolute Gasteiger partial charge is 0.369 e. The molecule has 1 aromatic rings. The van der Waals surface area contributed by atoms with Crippen molar-refractivity contribution in [2.24, 2.45) is 0 Å². The fraction of sp³-hybridized carbons (Fsp3) is 0.333. The minimum atomic E-state index is -4.48. The molecule has 2 aliphatic heterocycles. The maximum Gasteiger partial charge on any atom is 0.416 e. The second kappa shape index (κ2) is 7.67. The summed E-state index contributed by atoms with van der Waals surface area (Å²) < 4.78 is 39.0. The van der Waals surface area contributed by atoms with Gasteiger partial charge in [0.2, 0.25) is 0 Å². The summed E-state index contributed by atoms with van der Waals surface area (Å²) in [6.45, 7) is 2.76. The lowest BCUT2D eigenvalue weighted by atomic mass is 10.1. The number of benzene rings is 1. The van der Waals surface area contributed by atoms with Gasteiger partial charge in [-0.2, -0.15) is 13.2 Å². The predicted molar refractivity (Wildman–Crippen MR) is 92.9 cm³/mol. The molecule has 136 valence electrons. The number of halogens is 4. The molecule has 3 rings (SSSR count). The van der Waals surface area contributed by atoms with Crippen molar-refractivity contribution in [3.63, 3.8) is 0 Å². The van der Waals surface area contributed by atoms with Gasteiger partial charge in [-0.15, -0.1) is 12.4 Å². The van der Waals surface area contributed by atoms with Gasteiger partial charge in [0.25, 0.3) is 11.1 Å². The van der Waals surface area contributed by atoms with Crippen LogP contribution in [0.4, 0.5) is 23.7 Å². The Balaban J connectivity index is 0.00000225. The van der Waals surface area contributed by atoms with Crippen LogP contribution in [0.1, 0.15) is 11.1 Å². The third kappa shape index (κ3) is 4.47. The van der Waals surface area contributed by atoms with Crippen molar-refractivity contribution in [2.45, 2.75) is 6.18 Å². The maximum atomic E-state index is 13.0. The fourth-order valence-electron chi connectivity index (χ4n) is 2.60. The second-order valence-electron chi connectivity index (χ2n) is 5.36. The van der Waals surface area contributed by atoms with Crippen LogP contribution in [0, 0.1) is 0 Å². The standard InChI is InChI=1S/C15H14F3N3O2S.ClH/c16-15(17,18)10-1-2-11(21-5-3-19-4-6-21)9(7-10)8-12-13(22)20-14(23)24-12;/h1-2,7-8,19H,3-6H2,(H,20,22,23);1H. The van der Waals surface area contributed by atoms with Crippen molar-refractivity contribution in [3.8, 4) is 0 Å². The fourth-order valence-corrected chi connectivity index (χ4v) is 3.28. The Morgan fingerprint density at radius 3 is 2.40 bits per heavy atom. The third-order valence-electron chi connectivity index (χ3n) is 3.74. The molecule has 25 heavy (non-hydrogen) atoms. The molecule has 2 heterocycles. The number of rotatable bonds is 2. The van der Waals surface area contributed by atoms with E-state index in [-0.39, 0.29) is 22.9 Å².